The lowest BCUT2D eigenvalue weighted by Gasteiger charge is -2.32. The van der Waals surface area contributed by atoms with Crippen LogP contribution in [0.3, 0.4) is 0 Å². The number of allylic oxidation sites excluding steroid dienone is 1. The summed E-state index contributed by atoms with van der Waals surface area (Å²) in [7, 11) is 0. The lowest BCUT2D eigenvalue weighted by molar-refractivity contribution is -0.119. The molecule has 3 aromatic rings. The first-order valence-corrected chi connectivity index (χ1v) is 9.44. The lowest BCUT2D eigenvalue weighted by atomic mass is 10.00. The second-order valence-electron chi connectivity index (χ2n) is 6.88. The van der Waals surface area contributed by atoms with Gasteiger partial charge in [0.15, 0.2) is 0 Å². The van der Waals surface area contributed by atoms with Crippen LogP contribution in [0.1, 0.15) is 22.7 Å². The molecule has 4 rings (SSSR count). The molecule has 1 amide bonds. The van der Waals surface area contributed by atoms with Crippen molar-refractivity contribution in [1.82, 2.24) is 25.5 Å². The van der Waals surface area contributed by atoms with Crippen LogP contribution in [-0.2, 0) is 4.79 Å². The van der Waals surface area contributed by atoms with Crippen molar-refractivity contribution in [2.45, 2.75) is 13.0 Å². The summed E-state index contributed by atoms with van der Waals surface area (Å²) in [5, 5.41) is 15.1. The zero-order chi connectivity index (χ0) is 20.2. The van der Waals surface area contributed by atoms with E-state index in [1.807, 2.05) is 35.2 Å². The lowest BCUT2D eigenvalue weighted by Crippen LogP contribution is -2.40. The Morgan fingerprint density at radius 2 is 1.93 bits per heavy atom. The SMILES string of the molecule is C=CCNC(=O)CN1C(c2ccccc2)=C[C@@H](c2ccc(C)cc2)n2nnnc21. The molecular formula is C22H22N6O. The maximum atomic E-state index is 12.5. The van der Waals surface area contributed by atoms with Crippen LogP contribution in [0.4, 0.5) is 5.95 Å². The van der Waals surface area contributed by atoms with Gasteiger partial charge in [0.25, 0.3) is 5.95 Å². The zero-order valence-corrected chi connectivity index (χ0v) is 16.2. The molecule has 2 aromatic carbocycles. The number of tetrazole rings is 1. The molecule has 1 aromatic heterocycles. The van der Waals surface area contributed by atoms with Crippen LogP contribution in [0.5, 0.6) is 0 Å². The van der Waals surface area contributed by atoms with Crippen LogP contribution in [0, 0.1) is 6.92 Å². The summed E-state index contributed by atoms with van der Waals surface area (Å²) in [6.45, 7) is 6.22. The Hall–Kier alpha value is -3.74. The maximum absolute atomic E-state index is 12.5. The summed E-state index contributed by atoms with van der Waals surface area (Å²) in [6, 6.07) is 18.1. The van der Waals surface area contributed by atoms with Crippen LogP contribution in [-0.4, -0.2) is 39.2 Å². The number of nitrogens with one attached hydrogen (secondary N) is 1. The Labute approximate surface area is 169 Å². The average Bonchev–Trinajstić information content (AvgIpc) is 3.24. The standard InChI is InChI=1S/C22H22N6O/c1-3-13-23-21(29)15-27-19(17-7-5-4-6-8-17)14-20(28-22(27)24-25-26-28)18-11-9-16(2)10-12-18/h3-12,14,20H,1,13,15H2,2H3,(H,23,29)/t20-/m0/s1. The molecule has 0 spiro atoms. The Kier molecular flexibility index (Phi) is 5.20. The van der Waals surface area contributed by atoms with Crippen molar-refractivity contribution in [2.75, 3.05) is 18.0 Å². The van der Waals surface area contributed by atoms with E-state index in [2.05, 4.69) is 64.7 Å². The number of carbonyl (C=O) groups is 1. The minimum absolute atomic E-state index is 0.107. The summed E-state index contributed by atoms with van der Waals surface area (Å²) in [4.78, 5) is 14.3. The van der Waals surface area contributed by atoms with Gasteiger partial charge in [-0.1, -0.05) is 71.3 Å². The van der Waals surface area contributed by atoms with Gasteiger partial charge in [0.2, 0.25) is 5.91 Å². The second-order valence-corrected chi connectivity index (χ2v) is 6.88. The van der Waals surface area contributed by atoms with Crippen LogP contribution in [0.15, 0.2) is 73.3 Å². The molecule has 7 heteroatoms. The van der Waals surface area contributed by atoms with Crippen molar-refractivity contribution in [3.8, 4) is 0 Å². The van der Waals surface area contributed by atoms with E-state index in [1.165, 1.54) is 5.56 Å². The molecule has 0 fully saturated rings. The summed E-state index contributed by atoms with van der Waals surface area (Å²) >= 11 is 0. The minimum Gasteiger partial charge on any atom is -0.351 e. The van der Waals surface area contributed by atoms with Crippen molar-refractivity contribution in [2.24, 2.45) is 0 Å². The third-order valence-electron chi connectivity index (χ3n) is 4.82. The Morgan fingerprint density at radius 1 is 1.17 bits per heavy atom. The van der Waals surface area contributed by atoms with E-state index >= 15 is 0 Å². The van der Waals surface area contributed by atoms with Gasteiger partial charge in [-0.25, -0.2) is 0 Å². The van der Waals surface area contributed by atoms with Gasteiger partial charge in [0.1, 0.15) is 12.6 Å². The van der Waals surface area contributed by atoms with E-state index < -0.39 is 0 Å². The number of rotatable bonds is 6. The fraction of sp³-hybridized carbons (Fsp3) is 0.182. The first kappa shape index (κ1) is 18.6. The molecule has 1 atom stereocenters. The third-order valence-corrected chi connectivity index (χ3v) is 4.82. The number of benzene rings is 2. The highest BCUT2D eigenvalue weighted by Gasteiger charge is 2.31. The molecular weight excluding hydrogens is 364 g/mol. The molecule has 2 heterocycles. The van der Waals surface area contributed by atoms with Crippen LogP contribution >= 0.6 is 0 Å². The summed E-state index contributed by atoms with van der Waals surface area (Å²) in [5.74, 6) is 0.403. The van der Waals surface area contributed by atoms with Gasteiger partial charge >= 0.3 is 0 Å². The number of hydrogen-bond donors (Lipinski definition) is 1. The van der Waals surface area contributed by atoms with Gasteiger partial charge < -0.3 is 5.32 Å². The van der Waals surface area contributed by atoms with Gasteiger partial charge in [0.05, 0.1) is 5.70 Å². The van der Waals surface area contributed by atoms with E-state index in [1.54, 1.807) is 10.8 Å². The third kappa shape index (κ3) is 3.80. The molecule has 0 unspecified atom stereocenters. The smallest absolute Gasteiger partial charge is 0.251 e. The van der Waals surface area contributed by atoms with E-state index in [9.17, 15) is 4.79 Å². The summed E-state index contributed by atoms with van der Waals surface area (Å²) < 4.78 is 1.75. The van der Waals surface area contributed by atoms with Crippen LogP contribution in [0.2, 0.25) is 0 Å². The molecule has 0 bridgehead atoms. The second kappa shape index (κ2) is 8.10. The number of aryl methyl sites for hydroxylation is 1. The van der Waals surface area contributed by atoms with Crippen molar-refractivity contribution in [3.05, 3.63) is 90.0 Å². The van der Waals surface area contributed by atoms with Crippen molar-refractivity contribution in [3.63, 3.8) is 0 Å². The summed E-state index contributed by atoms with van der Waals surface area (Å²) in [5.41, 5.74) is 4.16. The van der Waals surface area contributed by atoms with Gasteiger partial charge in [0, 0.05) is 6.54 Å². The molecule has 0 saturated carbocycles. The van der Waals surface area contributed by atoms with Gasteiger partial charge in [-0.3, -0.25) is 9.69 Å². The number of carbonyl (C=O) groups excluding carboxylic acids is 1. The average molecular weight is 386 g/mol. The summed E-state index contributed by atoms with van der Waals surface area (Å²) in [6.07, 6.45) is 3.75. The Morgan fingerprint density at radius 3 is 2.66 bits per heavy atom. The molecule has 1 aliphatic rings. The van der Waals surface area contributed by atoms with Crippen molar-refractivity contribution < 1.29 is 4.79 Å². The molecule has 1 aliphatic heterocycles. The highest BCUT2D eigenvalue weighted by molar-refractivity contribution is 5.89. The first-order chi connectivity index (χ1) is 14.2. The van der Waals surface area contributed by atoms with Gasteiger partial charge in [-0.15, -0.1) is 6.58 Å². The highest BCUT2D eigenvalue weighted by atomic mass is 16.2. The number of nitrogens with zero attached hydrogens (tertiary/aromatic N) is 5. The number of hydrogen-bond acceptors (Lipinski definition) is 5. The Balaban J connectivity index is 1.78. The number of anilines is 1. The highest BCUT2D eigenvalue weighted by Crippen LogP contribution is 2.35. The van der Waals surface area contributed by atoms with E-state index in [0.717, 1.165) is 16.8 Å². The molecule has 0 saturated heterocycles. The predicted molar refractivity (Wildman–Crippen MR) is 112 cm³/mol. The first-order valence-electron chi connectivity index (χ1n) is 9.44. The van der Waals surface area contributed by atoms with Gasteiger partial charge in [-0.05, 0) is 34.6 Å². The van der Waals surface area contributed by atoms with E-state index in [-0.39, 0.29) is 18.5 Å². The number of amides is 1. The van der Waals surface area contributed by atoms with Crippen molar-refractivity contribution in [1.29, 1.82) is 0 Å². The minimum atomic E-state index is -0.164. The van der Waals surface area contributed by atoms with Crippen LogP contribution in [0.25, 0.3) is 5.70 Å². The Bertz CT molecular complexity index is 1040. The fourth-order valence-corrected chi connectivity index (χ4v) is 3.37. The maximum Gasteiger partial charge on any atom is 0.251 e. The topological polar surface area (TPSA) is 75.9 Å². The number of aromatic nitrogens is 4. The molecule has 7 nitrogen and oxygen atoms in total. The molecule has 0 aliphatic carbocycles. The quantitative estimate of drug-likeness (QED) is 0.659. The van der Waals surface area contributed by atoms with Crippen molar-refractivity contribution >= 4 is 17.6 Å². The fourth-order valence-electron chi connectivity index (χ4n) is 3.37. The molecule has 1 N–H and O–H groups in total. The largest absolute Gasteiger partial charge is 0.351 e. The number of fused-ring (bicyclic) bond motifs is 1. The zero-order valence-electron chi connectivity index (χ0n) is 16.2. The van der Waals surface area contributed by atoms with Crippen LogP contribution < -0.4 is 10.2 Å². The normalized spacial score (nSPS) is 15.4. The molecule has 146 valence electrons. The predicted octanol–water partition coefficient (Wildman–Crippen LogP) is 2.73. The monoisotopic (exact) mass is 386 g/mol. The molecule has 29 heavy (non-hydrogen) atoms. The van der Waals surface area contributed by atoms with E-state index in [4.69, 9.17) is 0 Å². The van der Waals surface area contributed by atoms with Gasteiger partial charge in [-0.2, -0.15) is 4.68 Å². The molecule has 0 radical (unpaired) electrons. The van der Waals surface area contributed by atoms with E-state index in [0.29, 0.717) is 12.5 Å².